The summed E-state index contributed by atoms with van der Waals surface area (Å²) in [4.78, 5) is 36.0. The molecule has 1 saturated heterocycles. The number of Topliss-reactive ketones (excluding diaryl/α,β-unsaturated/α-hetero) is 1. The number of rotatable bonds is 6. The molecule has 7 heteroatoms. The molecule has 1 aliphatic rings. The number of benzene rings is 1. The number of carbonyl (C=O) groups is 3. The molecule has 1 aliphatic heterocycles. The smallest absolute Gasteiger partial charge is 0.303 e. The average Bonchev–Trinajstić information content (AvgIpc) is 2.75. The highest BCUT2D eigenvalue weighted by atomic mass is 32.2. The molecule has 0 unspecified atom stereocenters. The van der Waals surface area contributed by atoms with Crippen molar-refractivity contribution in [3.8, 4) is 0 Å². The van der Waals surface area contributed by atoms with Crippen LogP contribution in [0.4, 0.5) is 0 Å². The number of nitrogens with zero attached hydrogens (tertiary/aromatic N) is 1. The minimum Gasteiger partial charge on any atom is -0.481 e. The minimum absolute atomic E-state index is 0.00260. The fourth-order valence-electron chi connectivity index (χ4n) is 2.05. The van der Waals surface area contributed by atoms with Crippen molar-refractivity contribution in [3.63, 3.8) is 0 Å². The highest BCUT2D eigenvalue weighted by Crippen LogP contribution is 2.32. The van der Waals surface area contributed by atoms with E-state index in [1.807, 2.05) is 0 Å². The Morgan fingerprint density at radius 2 is 1.96 bits per heavy atom. The molecule has 0 saturated carbocycles. The number of aliphatic carboxylic acids is 1. The Kier molecular flexibility index (Phi) is 5.68. The van der Waals surface area contributed by atoms with E-state index in [9.17, 15) is 14.4 Å². The van der Waals surface area contributed by atoms with E-state index in [0.29, 0.717) is 27.8 Å². The molecule has 0 atom stereocenters. The van der Waals surface area contributed by atoms with Crippen molar-refractivity contribution in [1.29, 1.82) is 0 Å². The highest BCUT2D eigenvalue weighted by molar-refractivity contribution is 8.26. The van der Waals surface area contributed by atoms with Crippen LogP contribution in [0.25, 0.3) is 6.08 Å². The number of ketones is 1. The van der Waals surface area contributed by atoms with Gasteiger partial charge in [0.25, 0.3) is 5.91 Å². The van der Waals surface area contributed by atoms with Crippen molar-refractivity contribution in [2.75, 3.05) is 6.54 Å². The van der Waals surface area contributed by atoms with Crippen LogP contribution < -0.4 is 0 Å². The normalized spacial score (nSPS) is 16.2. The summed E-state index contributed by atoms with van der Waals surface area (Å²) in [7, 11) is 0. The number of amides is 1. The number of thiocarbonyl (C=S) groups is 1. The number of carbonyl (C=O) groups excluding carboxylic acids is 2. The largest absolute Gasteiger partial charge is 0.481 e. The summed E-state index contributed by atoms with van der Waals surface area (Å²) >= 11 is 6.38. The van der Waals surface area contributed by atoms with Gasteiger partial charge in [0.2, 0.25) is 0 Å². The molecule has 1 fully saturated rings. The molecule has 2 rings (SSSR count). The molecule has 1 amide bonds. The fraction of sp³-hybridized carbons (Fsp3) is 0.250. The van der Waals surface area contributed by atoms with Gasteiger partial charge in [-0.3, -0.25) is 19.3 Å². The number of hydrogen-bond donors (Lipinski definition) is 1. The third kappa shape index (κ3) is 4.49. The topological polar surface area (TPSA) is 74.7 Å². The number of hydrogen-bond acceptors (Lipinski definition) is 5. The third-order valence-electron chi connectivity index (χ3n) is 3.26. The Hall–Kier alpha value is -1.99. The van der Waals surface area contributed by atoms with Crippen molar-refractivity contribution in [2.24, 2.45) is 0 Å². The Bertz CT molecular complexity index is 695. The molecule has 0 spiro atoms. The maximum atomic E-state index is 12.3. The zero-order chi connectivity index (χ0) is 17.0. The average molecular weight is 349 g/mol. The van der Waals surface area contributed by atoms with Crippen LogP contribution in [0.1, 0.15) is 35.7 Å². The number of carboxylic acids is 1. The van der Waals surface area contributed by atoms with Gasteiger partial charge in [0.05, 0.1) is 4.91 Å². The third-order valence-corrected chi connectivity index (χ3v) is 4.64. The quantitative estimate of drug-likeness (QED) is 0.483. The maximum Gasteiger partial charge on any atom is 0.303 e. The molecular formula is C16H15NO4S2. The molecule has 1 heterocycles. The van der Waals surface area contributed by atoms with Crippen molar-refractivity contribution in [2.45, 2.75) is 19.8 Å². The molecule has 23 heavy (non-hydrogen) atoms. The lowest BCUT2D eigenvalue weighted by Gasteiger charge is -2.13. The Labute approximate surface area is 143 Å². The van der Waals surface area contributed by atoms with Crippen molar-refractivity contribution < 1.29 is 19.5 Å². The molecule has 1 N–H and O–H groups in total. The predicted molar refractivity (Wildman–Crippen MR) is 93.2 cm³/mol. The summed E-state index contributed by atoms with van der Waals surface area (Å²) in [5, 5.41) is 8.65. The first-order valence-electron chi connectivity index (χ1n) is 6.96. The zero-order valence-corrected chi connectivity index (χ0v) is 14.1. The van der Waals surface area contributed by atoms with E-state index in [4.69, 9.17) is 17.3 Å². The molecule has 120 valence electrons. The first-order valence-corrected chi connectivity index (χ1v) is 8.19. The van der Waals surface area contributed by atoms with Crippen LogP contribution in [-0.2, 0) is 9.59 Å². The second-order valence-corrected chi connectivity index (χ2v) is 6.68. The molecular weight excluding hydrogens is 334 g/mol. The molecule has 0 aliphatic carbocycles. The van der Waals surface area contributed by atoms with Crippen molar-refractivity contribution in [3.05, 3.63) is 40.3 Å². The molecule has 0 bridgehead atoms. The zero-order valence-electron chi connectivity index (χ0n) is 12.4. The summed E-state index contributed by atoms with van der Waals surface area (Å²) < 4.78 is 0.437. The van der Waals surface area contributed by atoms with E-state index >= 15 is 0 Å². The monoisotopic (exact) mass is 349 g/mol. The summed E-state index contributed by atoms with van der Waals surface area (Å²) in [6.45, 7) is 1.80. The van der Waals surface area contributed by atoms with Gasteiger partial charge >= 0.3 is 5.97 Å². The SMILES string of the molecule is CC(=O)c1ccc(/C=C2\SC(=S)N(CCCC(=O)O)C2=O)cc1. The van der Waals surface area contributed by atoms with Gasteiger partial charge in [0, 0.05) is 18.5 Å². The van der Waals surface area contributed by atoms with Crippen LogP contribution in [0.2, 0.25) is 0 Å². The molecule has 0 radical (unpaired) electrons. The Morgan fingerprint density at radius 1 is 1.30 bits per heavy atom. The Morgan fingerprint density at radius 3 is 2.52 bits per heavy atom. The summed E-state index contributed by atoms with van der Waals surface area (Å²) in [6.07, 6.45) is 2.09. The number of thioether (sulfide) groups is 1. The van der Waals surface area contributed by atoms with Crippen molar-refractivity contribution >= 4 is 52.0 Å². The molecule has 5 nitrogen and oxygen atoms in total. The predicted octanol–water partition coefficient (Wildman–Crippen LogP) is 2.96. The van der Waals surface area contributed by atoms with Gasteiger partial charge in [-0.05, 0) is 25.0 Å². The van der Waals surface area contributed by atoms with Gasteiger partial charge in [0.15, 0.2) is 5.78 Å². The van der Waals surface area contributed by atoms with E-state index < -0.39 is 5.97 Å². The summed E-state index contributed by atoms with van der Waals surface area (Å²) in [6, 6.07) is 6.96. The standard InChI is InChI=1S/C16H15NO4S2/c1-10(18)12-6-4-11(5-7-12)9-13-15(21)17(16(22)23-13)8-2-3-14(19)20/h4-7,9H,2-3,8H2,1H3,(H,19,20)/b13-9-. The number of carboxylic acid groups (broad SMARTS) is 1. The first kappa shape index (κ1) is 17.4. The minimum atomic E-state index is -0.892. The van der Waals surface area contributed by atoms with Crippen LogP contribution in [0.15, 0.2) is 29.2 Å². The van der Waals surface area contributed by atoms with E-state index in [0.717, 1.165) is 5.56 Å². The second-order valence-electron chi connectivity index (χ2n) is 5.01. The van der Waals surface area contributed by atoms with E-state index in [-0.39, 0.29) is 18.1 Å². The summed E-state index contributed by atoms with van der Waals surface area (Å²) in [5.41, 5.74) is 1.42. The van der Waals surface area contributed by atoms with Gasteiger partial charge in [-0.15, -0.1) is 0 Å². The summed E-state index contributed by atoms with van der Waals surface area (Å²) in [5.74, 6) is -1.11. The lowest BCUT2D eigenvalue weighted by molar-refractivity contribution is -0.137. The van der Waals surface area contributed by atoms with Crippen LogP contribution in [0.5, 0.6) is 0 Å². The lowest BCUT2D eigenvalue weighted by Crippen LogP contribution is -2.29. The van der Waals surface area contributed by atoms with Crippen LogP contribution in [-0.4, -0.2) is 38.5 Å². The van der Waals surface area contributed by atoms with Gasteiger partial charge in [0.1, 0.15) is 4.32 Å². The molecule has 1 aromatic rings. The van der Waals surface area contributed by atoms with E-state index in [1.165, 1.54) is 23.6 Å². The van der Waals surface area contributed by atoms with Crippen LogP contribution >= 0.6 is 24.0 Å². The molecule has 1 aromatic carbocycles. The van der Waals surface area contributed by atoms with Gasteiger partial charge in [-0.2, -0.15) is 0 Å². The lowest BCUT2D eigenvalue weighted by atomic mass is 10.1. The van der Waals surface area contributed by atoms with Crippen molar-refractivity contribution in [1.82, 2.24) is 4.90 Å². The van der Waals surface area contributed by atoms with E-state index in [2.05, 4.69) is 0 Å². The van der Waals surface area contributed by atoms with E-state index in [1.54, 1.807) is 30.3 Å². The second kappa shape index (κ2) is 7.52. The van der Waals surface area contributed by atoms with Crippen LogP contribution in [0, 0.1) is 0 Å². The first-order chi connectivity index (χ1) is 10.9. The molecule has 0 aromatic heterocycles. The maximum absolute atomic E-state index is 12.3. The van der Waals surface area contributed by atoms with Crippen LogP contribution in [0.3, 0.4) is 0 Å². The Balaban J connectivity index is 2.08. The van der Waals surface area contributed by atoms with Gasteiger partial charge in [-0.25, -0.2) is 0 Å². The highest BCUT2D eigenvalue weighted by Gasteiger charge is 2.31. The van der Waals surface area contributed by atoms with Gasteiger partial charge in [-0.1, -0.05) is 48.2 Å². The van der Waals surface area contributed by atoms with Gasteiger partial charge < -0.3 is 5.11 Å². The fourth-order valence-corrected chi connectivity index (χ4v) is 3.36.